The monoisotopic (exact) mass is 556 g/mol. The predicted molar refractivity (Wildman–Crippen MR) is 172 cm³/mol. The van der Waals surface area contributed by atoms with Crippen molar-refractivity contribution in [3.8, 4) is 11.3 Å². The molecular formula is C39H28N2O2. The second-order valence-corrected chi connectivity index (χ2v) is 10.4. The molecular weight excluding hydrogens is 528 g/mol. The van der Waals surface area contributed by atoms with Crippen molar-refractivity contribution in [3.63, 3.8) is 0 Å². The Balaban J connectivity index is 1.32. The van der Waals surface area contributed by atoms with Gasteiger partial charge in [0.15, 0.2) is 5.78 Å². The first-order chi connectivity index (χ1) is 21.2. The van der Waals surface area contributed by atoms with E-state index >= 15 is 0 Å². The zero-order valence-corrected chi connectivity index (χ0v) is 23.4. The third-order valence-electron chi connectivity index (χ3n) is 7.94. The molecule has 2 aromatic heterocycles. The van der Waals surface area contributed by atoms with Gasteiger partial charge in [0.2, 0.25) is 0 Å². The van der Waals surface area contributed by atoms with E-state index in [0.29, 0.717) is 11.1 Å². The van der Waals surface area contributed by atoms with E-state index in [1.807, 2.05) is 73.1 Å². The van der Waals surface area contributed by atoms with Crippen LogP contribution in [0, 0.1) is 0 Å². The van der Waals surface area contributed by atoms with Gasteiger partial charge in [-0.05, 0) is 40.5 Å². The van der Waals surface area contributed by atoms with E-state index in [1.165, 1.54) is 0 Å². The van der Waals surface area contributed by atoms with E-state index in [1.54, 1.807) is 18.4 Å². The van der Waals surface area contributed by atoms with E-state index < -0.39 is 5.54 Å². The summed E-state index contributed by atoms with van der Waals surface area (Å²) in [6.45, 7) is 0. The molecule has 0 fully saturated rings. The summed E-state index contributed by atoms with van der Waals surface area (Å²) in [5, 5.41) is 0.971. The fraction of sp³-hybridized carbons (Fsp3) is 0.0256. The lowest BCUT2D eigenvalue weighted by Gasteiger charge is -2.37. The average molecular weight is 557 g/mol. The maximum Gasteiger partial charge on any atom is 0.185 e. The topological polar surface area (TPSA) is 48.0 Å². The molecule has 0 bridgehead atoms. The van der Waals surface area contributed by atoms with Gasteiger partial charge in [-0.25, -0.2) is 4.98 Å². The van der Waals surface area contributed by atoms with Gasteiger partial charge in [0.1, 0.15) is 11.1 Å². The molecule has 7 rings (SSSR count). The van der Waals surface area contributed by atoms with Crippen LogP contribution >= 0.6 is 0 Å². The normalized spacial score (nSPS) is 11.7. The molecule has 0 aliphatic heterocycles. The summed E-state index contributed by atoms with van der Waals surface area (Å²) in [5.74, 6) is -0.0881. The van der Waals surface area contributed by atoms with Crippen LogP contribution in [0.3, 0.4) is 0 Å². The molecule has 0 aliphatic carbocycles. The van der Waals surface area contributed by atoms with Crippen LogP contribution in [0.2, 0.25) is 0 Å². The number of allylic oxidation sites excluding steroid dienone is 1. The largest absolute Gasteiger partial charge is 0.464 e. The van der Waals surface area contributed by atoms with Crippen LogP contribution in [-0.4, -0.2) is 15.3 Å². The molecule has 0 spiro atoms. The minimum Gasteiger partial charge on any atom is -0.464 e. The second-order valence-electron chi connectivity index (χ2n) is 10.4. The molecule has 43 heavy (non-hydrogen) atoms. The summed E-state index contributed by atoms with van der Waals surface area (Å²) < 4.78 is 7.69. The first-order valence-electron chi connectivity index (χ1n) is 14.2. The summed E-state index contributed by atoms with van der Waals surface area (Å²) >= 11 is 0. The van der Waals surface area contributed by atoms with E-state index in [4.69, 9.17) is 9.40 Å². The SMILES string of the molecule is O=C(C=Cc1ccccc1-c1cn(C(c2ccccc2)(c2ccccc2)c2ccccc2)cn1)c1ccc2ccoc2c1. The Hall–Kier alpha value is -5.74. The van der Waals surface area contributed by atoms with Gasteiger partial charge in [-0.3, -0.25) is 4.79 Å². The Morgan fingerprint density at radius 3 is 1.95 bits per heavy atom. The highest BCUT2D eigenvalue weighted by Gasteiger charge is 2.38. The zero-order valence-electron chi connectivity index (χ0n) is 23.4. The summed E-state index contributed by atoms with van der Waals surface area (Å²) in [4.78, 5) is 18.0. The number of imidazole rings is 1. The molecule has 0 amide bonds. The van der Waals surface area contributed by atoms with Crippen molar-refractivity contribution in [1.29, 1.82) is 0 Å². The van der Waals surface area contributed by atoms with Gasteiger partial charge in [-0.1, -0.05) is 133 Å². The van der Waals surface area contributed by atoms with Crippen LogP contribution in [0.4, 0.5) is 0 Å². The standard InChI is InChI=1S/C39H28N2O2/c42-37(31-21-20-30-24-25-43-38(30)26-31)23-22-29-12-10-11-19-35(29)36-27-41(28-40-36)39(32-13-4-1-5-14-32,33-15-6-2-7-16-33)34-17-8-3-9-18-34/h1-28H. The molecule has 0 saturated carbocycles. The third kappa shape index (κ3) is 4.79. The van der Waals surface area contributed by atoms with E-state index in [2.05, 4.69) is 83.6 Å². The van der Waals surface area contributed by atoms with Crippen molar-refractivity contribution in [2.24, 2.45) is 0 Å². The molecule has 0 unspecified atom stereocenters. The van der Waals surface area contributed by atoms with Gasteiger partial charge in [0.25, 0.3) is 0 Å². The van der Waals surface area contributed by atoms with Crippen LogP contribution in [-0.2, 0) is 5.54 Å². The number of hydrogen-bond donors (Lipinski definition) is 0. The first kappa shape index (κ1) is 26.2. The molecule has 0 atom stereocenters. The second kappa shape index (κ2) is 11.3. The Kier molecular flexibility index (Phi) is 6.86. The number of rotatable bonds is 8. The van der Waals surface area contributed by atoms with Crippen molar-refractivity contribution in [3.05, 3.63) is 192 Å². The minimum absolute atomic E-state index is 0.0881. The molecule has 0 N–H and O–H groups in total. The molecule has 0 radical (unpaired) electrons. The summed E-state index contributed by atoms with van der Waals surface area (Å²) in [5.41, 5.74) is 6.68. The molecule has 7 aromatic rings. The zero-order chi connectivity index (χ0) is 29.1. The average Bonchev–Trinajstić information content (AvgIpc) is 3.76. The first-order valence-corrected chi connectivity index (χ1v) is 14.2. The molecule has 206 valence electrons. The molecule has 4 nitrogen and oxygen atoms in total. The Bertz CT molecular complexity index is 1940. The van der Waals surface area contributed by atoms with Crippen LogP contribution in [0.5, 0.6) is 0 Å². The van der Waals surface area contributed by atoms with Crippen molar-refractivity contribution >= 4 is 22.8 Å². The number of ketones is 1. The van der Waals surface area contributed by atoms with Gasteiger partial charge >= 0.3 is 0 Å². The Morgan fingerprint density at radius 1 is 0.698 bits per heavy atom. The number of aromatic nitrogens is 2. The molecule has 0 aliphatic rings. The number of furan rings is 1. The van der Waals surface area contributed by atoms with Gasteiger partial charge in [-0.15, -0.1) is 0 Å². The quantitative estimate of drug-likeness (QED) is 0.107. The lowest BCUT2D eigenvalue weighted by atomic mass is 9.77. The molecule has 0 saturated heterocycles. The fourth-order valence-electron chi connectivity index (χ4n) is 5.88. The van der Waals surface area contributed by atoms with Gasteiger partial charge < -0.3 is 8.98 Å². The predicted octanol–water partition coefficient (Wildman–Crippen LogP) is 9.03. The van der Waals surface area contributed by atoms with Crippen LogP contribution in [0.1, 0.15) is 32.6 Å². The van der Waals surface area contributed by atoms with Crippen LogP contribution < -0.4 is 0 Å². The number of hydrogen-bond acceptors (Lipinski definition) is 3. The maximum atomic E-state index is 13.1. The highest BCUT2D eigenvalue weighted by Crippen LogP contribution is 2.41. The van der Waals surface area contributed by atoms with Crippen molar-refractivity contribution in [1.82, 2.24) is 9.55 Å². The van der Waals surface area contributed by atoms with E-state index in [0.717, 1.165) is 38.9 Å². The van der Waals surface area contributed by atoms with Gasteiger partial charge in [0.05, 0.1) is 18.3 Å². The maximum absolute atomic E-state index is 13.1. The number of carbonyl (C=O) groups excluding carboxylic acids is 1. The van der Waals surface area contributed by atoms with Gasteiger partial charge in [0, 0.05) is 22.7 Å². The number of benzene rings is 5. The fourth-order valence-corrected chi connectivity index (χ4v) is 5.88. The highest BCUT2D eigenvalue weighted by molar-refractivity contribution is 6.08. The van der Waals surface area contributed by atoms with Crippen molar-refractivity contribution in [2.45, 2.75) is 5.54 Å². The van der Waals surface area contributed by atoms with Crippen molar-refractivity contribution < 1.29 is 9.21 Å². The highest BCUT2D eigenvalue weighted by atomic mass is 16.3. The molecule has 2 heterocycles. The lowest BCUT2D eigenvalue weighted by Crippen LogP contribution is -2.36. The van der Waals surface area contributed by atoms with Crippen LogP contribution in [0.25, 0.3) is 28.3 Å². The van der Waals surface area contributed by atoms with E-state index in [9.17, 15) is 4.79 Å². The summed E-state index contributed by atoms with van der Waals surface area (Å²) in [6, 6.07) is 47.0. The third-order valence-corrected chi connectivity index (χ3v) is 7.94. The molecule has 4 heteroatoms. The minimum atomic E-state index is -0.653. The summed E-state index contributed by atoms with van der Waals surface area (Å²) in [6.07, 6.45) is 9.12. The molecule has 5 aromatic carbocycles. The van der Waals surface area contributed by atoms with E-state index in [-0.39, 0.29) is 5.78 Å². The van der Waals surface area contributed by atoms with Crippen molar-refractivity contribution in [2.75, 3.05) is 0 Å². The Morgan fingerprint density at radius 2 is 1.30 bits per heavy atom. The Labute approximate surface area is 250 Å². The number of nitrogens with zero attached hydrogens (tertiary/aromatic N) is 2. The van der Waals surface area contributed by atoms with Gasteiger partial charge in [-0.2, -0.15) is 0 Å². The number of carbonyl (C=O) groups is 1. The smallest absolute Gasteiger partial charge is 0.185 e. The number of fused-ring (bicyclic) bond motifs is 1. The van der Waals surface area contributed by atoms with Crippen LogP contribution in [0.15, 0.2) is 169 Å². The lowest BCUT2D eigenvalue weighted by molar-refractivity contribution is 0.104. The summed E-state index contributed by atoms with van der Waals surface area (Å²) in [7, 11) is 0.